The Balaban J connectivity index is 2.44. The van der Waals surface area contributed by atoms with E-state index < -0.39 is 23.7 Å². The van der Waals surface area contributed by atoms with Gasteiger partial charge in [0.1, 0.15) is 0 Å². The molecule has 0 aliphatic rings. The SMILES string of the molecule is NNC(=O)CCNC(=O)Nc1ccc(C(F)(F)F)cc1. The lowest BCUT2D eigenvalue weighted by Gasteiger charge is -2.09. The van der Waals surface area contributed by atoms with Crippen LogP contribution in [0.15, 0.2) is 24.3 Å². The van der Waals surface area contributed by atoms with E-state index in [1.165, 1.54) is 0 Å². The molecule has 20 heavy (non-hydrogen) atoms. The van der Waals surface area contributed by atoms with Crippen molar-refractivity contribution < 1.29 is 22.8 Å². The highest BCUT2D eigenvalue weighted by Crippen LogP contribution is 2.29. The Morgan fingerprint density at radius 2 is 1.75 bits per heavy atom. The number of nitrogens with one attached hydrogen (secondary N) is 3. The molecule has 0 radical (unpaired) electrons. The van der Waals surface area contributed by atoms with Crippen LogP contribution in [0, 0.1) is 0 Å². The number of urea groups is 1. The summed E-state index contributed by atoms with van der Waals surface area (Å²) in [4.78, 5) is 22.1. The molecule has 1 aromatic rings. The van der Waals surface area contributed by atoms with Crippen LogP contribution in [-0.2, 0) is 11.0 Å². The lowest BCUT2D eigenvalue weighted by molar-refractivity contribution is -0.137. The van der Waals surface area contributed by atoms with E-state index in [4.69, 9.17) is 5.84 Å². The van der Waals surface area contributed by atoms with Crippen LogP contribution >= 0.6 is 0 Å². The molecule has 0 heterocycles. The number of benzene rings is 1. The number of rotatable bonds is 4. The Labute approximate surface area is 112 Å². The number of carbonyl (C=O) groups excluding carboxylic acids is 2. The molecular weight excluding hydrogens is 277 g/mol. The highest BCUT2D eigenvalue weighted by molar-refractivity contribution is 5.89. The number of alkyl halides is 3. The maximum absolute atomic E-state index is 12.3. The predicted molar refractivity (Wildman–Crippen MR) is 65.4 cm³/mol. The van der Waals surface area contributed by atoms with Gasteiger partial charge >= 0.3 is 12.2 Å². The summed E-state index contributed by atoms with van der Waals surface area (Å²) < 4.78 is 36.9. The van der Waals surface area contributed by atoms with Crippen molar-refractivity contribution in [1.82, 2.24) is 10.7 Å². The van der Waals surface area contributed by atoms with E-state index in [9.17, 15) is 22.8 Å². The number of hydrogen-bond acceptors (Lipinski definition) is 3. The topological polar surface area (TPSA) is 96.2 Å². The molecule has 1 aromatic carbocycles. The van der Waals surface area contributed by atoms with Gasteiger partial charge in [0.05, 0.1) is 5.56 Å². The molecule has 0 unspecified atom stereocenters. The van der Waals surface area contributed by atoms with Crippen LogP contribution in [-0.4, -0.2) is 18.5 Å². The molecule has 0 bridgehead atoms. The lowest BCUT2D eigenvalue weighted by Crippen LogP contribution is -2.35. The summed E-state index contributed by atoms with van der Waals surface area (Å²) in [6, 6.07) is 3.36. The number of hydrogen-bond donors (Lipinski definition) is 4. The van der Waals surface area contributed by atoms with Gasteiger partial charge in [0.2, 0.25) is 5.91 Å². The molecule has 0 fully saturated rings. The highest BCUT2D eigenvalue weighted by atomic mass is 19.4. The van der Waals surface area contributed by atoms with Crippen molar-refractivity contribution in [2.24, 2.45) is 5.84 Å². The van der Waals surface area contributed by atoms with Crippen LogP contribution in [0.3, 0.4) is 0 Å². The van der Waals surface area contributed by atoms with E-state index in [-0.39, 0.29) is 18.7 Å². The van der Waals surface area contributed by atoms with Crippen molar-refractivity contribution in [3.05, 3.63) is 29.8 Å². The molecular formula is C11H13F3N4O2. The number of halogens is 3. The summed E-state index contributed by atoms with van der Waals surface area (Å²) in [5.74, 6) is 4.40. The Morgan fingerprint density at radius 1 is 1.15 bits per heavy atom. The normalized spacial score (nSPS) is 10.8. The first-order valence-electron chi connectivity index (χ1n) is 5.54. The molecule has 6 nitrogen and oxygen atoms in total. The summed E-state index contributed by atoms with van der Waals surface area (Å²) >= 11 is 0. The predicted octanol–water partition coefficient (Wildman–Crippen LogP) is 1.21. The van der Waals surface area contributed by atoms with Crippen LogP contribution in [0.5, 0.6) is 0 Å². The van der Waals surface area contributed by atoms with Gasteiger partial charge in [-0.15, -0.1) is 0 Å². The van der Waals surface area contributed by atoms with Crippen molar-refractivity contribution in [2.45, 2.75) is 12.6 Å². The fourth-order valence-electron chi connectivity index (χ4n) is 1.28. The second kappa shape index (κ2) is 6.75. The minimum atomic E-state index is -4.42. The Bertz CT molecular complexity index is 474. The van der Waals surface area contributed by atoms with Crippen molar-refractivity contribution in [1.29, 1.82) is 0 Å². The van der Waals surface area contributed by atoms with Gasteiger partial charge in [-0.05, 0) is 24.3 Å². The maximum Gasteiger partial charge on any atom is 0.416 e. The second-order valence-corrected chi connectivity index (χ2v) is 3.77. The fourth-order valence-corrected chi connectivity index (χ4v) is 1.28. The van der Waals surface area contributed by atoms with Crippen LogP contribution in [0.1, 0.15) is 12.0 Å². The van der Waals surface area contributed by atoms with Gasteiger partial charge in [0.25, 0.3) is 0 Å². The van der Waals surface area contributed by atoms with Crippen LogP contribution in [0.4, 0.5) is 23.7 Å². The molecule has 0 aliphatic carbocycles. The first kappa shape index (κ1) is 15.8. The van der Waals surface area contributed by atoms with Gasteiger partial charge < -0.3 is 10.6 Å². The third kappa shape index (κ3) is 5.14. The second-order valence-electron chi connectivity index (χ2n) is 3.77. The molecule has 0 atom stereocenters. The molecule has 5 N–H and O–H groups in total. The van der Waals surface area contributed by atoms with E-state index in [0.717, 1.165) is 24.3 Å². The zero-order chi connectivity index (χ0) is 15.2. The van der Waals surface area contributed by atoms with E-state index in [2.05, 4.69) is 10.6 Å². The molecule has 0 spiro atoms. The molecule has 0 saturated carbocycles. The molecule has 0 aromatic heterocycles. The summed E-state index contributed by atoms with van der Waals surface area (Å²) in [6.45, 7) is 0.0511. The largest absolute Gasteiger partial charge is 0.416 e. The monoisotopic (exact) mass is 290 g/mol. The van der Waals surface area contributed by atoms with Crippen LogP contribution < -0.4 is 21.9 Å². The van der Waals surface area contributed by atoms with Crippen LogP contribution in [0.25, 0.3) is 0 Å². The quantitative estimate of drug-likeness (QED) is 0.381. The van der Waals surface area contributed by atoms with Crippen molar-refractivity contribution in [2.75, 3.05) is 11.9 Å². The molecule has 1 rings (SSSR count). The molecule has 9 heteroatoms. The van der Waals surface area contributed by atoms with Gasteiger partial charge in [-0.25, -0.2) is 10.6 Å². The van der Waals surface area contributed by atoms with Gasteiger partial charge in [0.15, 0.2) is 0 Å². The third-order valence-corrected chi connectivity index (χ3v) is 2.27. The first-order valence-corrected chi connectivity index (χ1v) is 5.54. The molecule has 0 saturated heterocycles. The smallest absolute Gasteiger partial charge is 0.337 e. The van der Waals surface area contributed by atoms with Gasteiger partial charge in [-0.1, -0.05) is 0 Å². The molecule has 110 valence electrons. The maximum atomic E-state index is 12.3. The third-order valence-electron chi connectivity index (χ3n) is 2.27. The number of amides is 3. The fraction of sp³-hybridized carbons (Fsp3) is 0.273. The van der Waals surface area contributed by atoms with E-state index in [1.54, 1.807) is 0 Å². The lowest BCUT2D eigenvalue weighted by atomic mass is 10.2. The van der Waals surface area contributed by atoms with E-state index >= 15 is 0 Å². The van der Waals surface area contributed by atoms with Crippen molar-refractivity contribution in [3.63, 3.8) is 0 Å². The zero-order valence-electron chi connectivity index (χ0n) is 10.3. The standard InChI is InChI=1S/C11H13F3N4O2/c12-11(13,14)7-1-3-8(4-2-7)17-10(20)16-6-5-9(19)18-15/h1-4H,5-6,15H2,(H,18,19)(H2,16,17,20). The van der Waals surface area contributed by atoms with E-state index in [0.29, 0.717) is 0 Å². The summed E-state index contributed by atoms with van der Waals surface area (Å²) in [5, 5.41) is 4.68. The molecule has 0 aliphatic heterocycles. The van der Waals surface area contributed by atoms with Crippen LogP contribution in [0.2, 0.25) is 0 Å². The minimum Gasteiger partial charge on any atom is -0.337 e. The van der Waals surface area contributed by atoms with E-state index in [1.807, 2.05) is 5.43 Å². The van der Waals surface area contributed by atoms with Gasteiger partial charge in [0, 0.05) is 18.7 Å². The average Bonchev–Trinajstić information content (AvgIpc) is 2.38. The summed E-state index contributed by atoms with van der Waals surface area (Å²) in [6.07, 6.45) is -4.42. The van der Waals surface area contributed by atoms with Gasteiger partial charge in [-0.2, -0.15) is 13.2 Å². The Morgan fingerprint density at radius 3 is 2.25 bits per heavy atom. The Kier molecular flexibility index (Phi) is 5.32. The molecule has 3 amide bonds. The highest BCUT2D eigenvalue weighted by Gasteiger charge is 2.29. The number of nitrogens with two attached hydrogens (primary N) is 1. The number of hydrazine groups is 1. The van der Waals surface area contributed by atoms with Crippen molar-refractivity contribution in [3.8, 4) is 0 Å². The average molecular weight is 290 g/mol. The Hall–Kier alpha value is -2.29. The zero-order valence-corrected chi connectivity index (χ0v) is 10.3. The summed E-state index contributed by atoms with van der Waals surface area (Å²) in [5.41, 5.74) is 1.30. The van der Waals surface area contributed by atoms with Gasteiger partial charge in [-0.3, -0.25) is 10.2 Å². The minimum absolute atomic E-state index is 0.00304. The van der Waals surface area contributed by atoms with Crippen molar-refractivity contribution >= 4 is 17.6 Å². The number of carbonyl (C=O) groups is 2. The first-order chi connectivity index (χ1) is 9.32. The summed E-state index contributed by atoms with van der Waals surface area (Å²) in [7, 11) is 0. The number of anilines is 1.